The van der Waals surface area contributed by atoms with Gasteiger partial charge in [0.15, 0.2) is 24.6 Å². The van der Waals surface area contributed by atoms with E-state index in [1.54, 1.807) is 20.8 Å². The fourth-order valence-corrected chi connectivity index (χ4v) is 15.8. The zero-order valence-electron chi connectivity index (χ0n) is 71.3. The van der Waals surface area contributed by atoms with Crippen molar-refractivity contribution in [3.8, 4) is 0 Å². The molecule has 0 aromatic rings. The number of carbonyl (C=O) groups is 4. The van der Waals surface area contributed by atoms with Gasteiger partial charge in [-0.1, -0.05) is 421 Å². The fourth-order valence-electron chi connectivity index (χ4n) is 15.3. The summed E-state index contributed by atoms with van der Waals surface area (Å²) in [6.45, 7) is 13.0. The topological polar surface area (TPSA) is 260 Å². The van der Waals surface area contributed by atoms with Crippen LogP contribution in [0.15, 0.2) is 0 Å². The number of hydrogen-bond donors (Lipinski definition) is 3. The molecule has 2 rings (SSSR count). The monoisotopic (exact) mass is 1580 g/mol. The van der Waals surface area contributed by atoms with Gasteiger partial charge in [-0.25, -0.2) is 8.42 Å². The number of ether oxygens (including phenoxy) is 7. The molecule has 0 radical (unpaired) electrons. The number of rotatable bonds is 76. The second-order valence-electron chi connectivity index (χ2n) is 33.0. The van der Waals surface area contributed by atoms with Crippen molar-refractivity contribution < 1.29 is 114 Å². The molecular weight excluding hydrogens is 1410 g/mol. The van der Waals surface area contributed by atoms with Crippen LogP contribution in [0.3, 0.4) is 0 Å². The Morgan fingerprint density at radius 2 is 0.578 bits per heavy atom. The molecule has 20 heteroatoms. The Labute approximate surface area is 689 Å². The second-order valence-corrected chi connectivity index (χ2v) is 34.1. The molecule has 0 amide bonds. The van der Waals surface area contributed by atoms with E-state index < -0.39 is 127 Å². The van der Waals surface area contributed by atoms with E-state index in [-0.39, 0.29) is 36.0 Å². The maximum absolute atomic E-state index is 14.4. The van der Waals surface area contributed by atoms with Gasteiger partial charge in [-0.3, -0.25) is 23.4 Å². The third-order valence-corrected chi connectivity index (χ3v) is 23.2. The van der Waals surface area contributed by atoms with Crippen molar-refractivity contribution in [2.75, 3.05) is 13.2 Å². The minimum Gasteiger partial charge on any atom is -0.726 e. The van der Waals surface area contributed by atoms with Crippen molar-refractivity contribution in [1.82, 2.24) is 0 Å². The first-order valence-corrected chi connectivity index (χ1v) is 47.1. The molecule has 638 valence electrons. The average molecular weight is 1580 g/mol. The predicted octanol–water partition coefficient (Wildman–Crippen LogP) is 19.9. The van der Waals surface area contributed by atoms with Crippen LogP contribution in [0.5, 0.6) is 0 Å². The normalized spacial score (nSPS) is 21.0. The molecule has 109 heavy (non-hydrogen) atoms. The Kier molecular flexibility index (Phi) is 69.5. The molecule has 0 unspecified atom stereocenters. The molecule has 2 fully saturated rings. The van der Waals surface area contributed by atoms with Crippen molar-refractivity contribution >= 4 is 34.3 Å². The summed E-state index contributed by atoms with van der Waals surface area (Å²) in [4.78, 5) is 56.0. The van der Waals surface area contributed by atoms with Gasteiger partial charge in [0.2, 0.25) is 16.7 Å². The van der Waals surface area contributed by atoms with Crippen LogP contribution >= 0.6 is 0 Å². The molecular formula is C89H167NaO18S. The number of aliphatic hydroxyl groups is 3. The van der Waals surface area contributed by atoms with Gasteiger partial charge >= 0.3 is 53.4 Å². The zero-order valence-corrected chi connectivity index (χ0v) is 74.2. The molecule has 0 aromatic heterocycles. The van der Waals surface area contributed by atoms with E-state index in [4.69, 9.17) is 37.3 Å². The molecule has 2 aliphatic heterocycles. The van der Waals surface area contributed by atoms with Gasteiger partial charge in [-0.05, 0) is 25.7 Å². The van der Waals surface area contributed by atoms with Crippen molar-refractivity contribution in [3.05, 3.63) is 0 Å². The van der Waals surface area contributed by atoms with Gasteiger partial charge in [0.1, 0.15) is 43.7 Å². The quantitative estimate of drug-likeness (QED) is 0.0128. The first kappa shape index (κ1) is 106. The van der Waals surface area contributed by atoms with Crippen LogP contribution < -0.4 is 29.6 Å². The average Bonchev–Trinajstić information content (AvgIpc) is 0.776. The number of esters is 4. The van der Waals surface area contributed by atoms with Crippen LogP contribution in [-0.2, 0) is 66.9 Å². The summed E-state index contributed by atoms with van der Waals surface area (Å²) in [6.07, 6.45) is 52.0. The number of carbonyl (C=O) groups excluding carboxylic acids is 4. The standard InChI is InChI=1S/C89H168O18S.Na/c1-8-12-16-20-24-28-32-36-39-41-45-47-51-55-59-63-67-73(5)85(94)100-71-76-79(91)81(93)83(107-108(97,98)99)88(102-76)106-89-84(104-78(90)70-66-62-58-54-50-43-35-31-27-23-19-15-11-4)82(105-87(96)75(7)69-65-61-57-53-49-44-38-34-30-26-22-18-14-10-3)80(92)77(103-89)72-101-86(95)74(6)68-64-60-56-52-48-46-42-40-37-33-29-25-21-17-13-9-2;/h73-77,79-84,88-89,91-93H,8-72H2,1-7H3,(H,97,98,99);/q;+1/p-1/t73-,74-,75-,76+,77+,79+,80+,81-,82-,83+,84+,88+,89+;/m0./s1. The van der Waals surface area contributed by atoms with Crippen LogP contribution in [0.1, 0.15) is 453 Å². The third-order valence-electron chi connectivity index (χ3n) is 22.7. The molecule has 0 aliphatic carbocycles. The van der Waals surface area contributed by atoms with Crippen molar-refractivity contribution in [2.45, 2.75) is 514 Å². The summed E-state index contributed by atoms with van der Waals surface area (Å²) in [7, 11) is -5.68. The summed E-state index contributed by atoms with van der Waals surface area (Å²) in [5.74, 6) is -4.39. The number of unbranched alkanes of at least 4 members (excludes halogenated alkanes) is 55. The van der Waals surface area contributed by atoms with E-state index in [0.29, 0.717) is 25.7 Å². The number of aliphatic hydroxyl groups excluding tert-OH is 3. The van der Waals surface area contributed by atoms with Gasteiger partial charge < -0.3 is 53.0 Å². The van der Waals surface area contributed by atoms with E-state index in [2.05, 4.69) is 27.7 Å². The van der Waals surface area contributed by atoms with Crippen molar-refractivity contribution in [2.24, 2.45) is 17.8 Å². The first-order valence-electron chi connectivity index (χ1n) is 45.8. The van der Waals surface area contributed by atoms with Gasteiger partial charge in [0, 0.05) is 6.42 Å². The Bertz CT molecular complexity index is 2230. The van der Waals surface area contributed by atoms with E-state index in [9.17, 15) is 47.5 Å². The Balaban J connectivity index is 0.0000594. The Morgan fingerprint density at radius 1 is 0.330 bits per heavy atom. The molecule has 18 nitrogen and oxygen atoms in total. The maximum Gasteiger partial charge on any atom is 1.00 e. The zero-order chi connectivity index (χ0) is 78.9. The fraction of sp³-hybridized carbons (Fsp3) is 0.955. The molecule has 2 saturated heterocycles. The molecule has 2 heterocycles. The van der Waals surface area contributed by atoms with E-state index in [1.807, 2.05) is 0 Å². The second kappa shape index (κ2) is 71.8. The summed E-state index contributed by atoms with van der Waals surface area (Å²) >= 11 is 0. The van der Waals surface area contributed by atoms with E-state index in [0.717, 1.165) is 116 Å². The minimum absolute atomic E-state index is 0. The largest absolute Gasteiger partial charge is 1.00 e. The molecule has 0 bridgehead atoms. The third kappa shape index (κ3) is 55.7. The summed E-state index contributed by atoms with van der Waals surface area (Å²) < 4.78 is 85.0. The Morgan fingerprint density at radius 3 is 0.862 bits per heavy atom. The minimum atomic E-state index is -5.68. The van der Waals surface area contributed by atoms with Crippen LogP contribution in [-0.4, -0.2) is 127 Å². The van der Waals surface area contributed by atoms with Crippen molar-refractivity contribution in [1.29, 1.82) is 0 Å². The van der Waals surface area contributed by atoms with Gasteiger partial charge in [0.05, 0.1) is 17.8 Å². The van der Waals surface area contributed by atoms with E-state index in [1.165, 1.54) is 257 Å². The van der Waals surface area contributed by atoms with Gasteiger partial charge in [-0.2, -0.15) is 0 Å². The maximum atomic E-state index is 14.4. The molecule has 13 atom stereocenters. The van der Waals surface area contributed by atoms with Crippen LogP contribution in [0, 0.1) is 17.8 Å². The molecule has 0 saturated carbocycles. The summed E-state index contributed by atoms with van der Waals surface area (Å²) in [6, 6.07) is 0. The van der Waals surface area contributed by atoms with Crippen LogP contribution in [0.2, 0.25) is 0 Å². The van der Waals surface area contributed by atoms with E-state index >= 15 is 0 Å². The van der Waals surface area contributed by atoms with Crippen molar-refractivity contribution in [3.63, 3.8) is 0 Å². The summed E-state index contributed by atoms with van der Waals surface area (Å²) in [5, 5.41) is 35.5. The predicted molar refractivity (Wildman–Crippen MR) is 434 cm³/mol. The molecule has 2 aliphatic rings. The van der Waals surface area contributed by atoms with Gasteiger partial charge in [-0.15, -0.1) is 0 Å². The molecule has 0 spiro atoms. The SMILES string of the molecule is CCCCCCCCCCCCCCCCCC[C@H](C)C(=O)OC[C@H]1O[C@H](O[C@H]2O[C@H](COC(=O)[C@@H](C)CCCCCCCCCCCCCCCCCC)[C@@H](O)[C@H](OC(=O)[C@@H](C)CCCCCCCCCCCCCCCC)[C@H]2OC(=O)CCCCCCCCCCCCCCC)[C@H](OS(=O)(=O)[O-])[C@@H](O)[C@@H]1O.[Na+]. The van der Waals surface area contributed by atoms with Gasteiger partial charge in [0.25, 0.3) is 0 Å². The smallest absolute Gasteiger partial charge is 0.726 e. The molecule has 0 aromatic carbocycles. The number of hydrogen-bond acceptors (Lipinski definition) is 18. The Hall–Kier alpha value is -1.49. The molecule has 3 N–H and O–H groups in total. The van der Waals surface area contributed by atoms with Crippen LogP contribution in [0.25, 0.3) is 0 Å². The summed E-state index contributed by atoms with van der Waals surface area (Å²) in [5.41, 5.74) is 0. The van der Waals surface area contributed by atoms with Crippen LogP contribution in [0.4, 0.5) is 0 Å². The first-order chi connectivity index (χ1) is 52.4.